The molecule has 0 spiro atoms. The van der Waals surface area contributed by atoms with Gasteiger partial charge in [0.05, 0.1) is 17.7 Å². The first-order chi connectivity index (χ1) is 15.4. The zero-order valence-corrected chi connectivity index (χ0v) is 18.5. The van der Waals surface area contributed by atoms with Crippen molar-refractivity contribution in [3.8, 4) is 5.75 Å². The number of hydrogen-bond donors (Lipinski definition) is 1. The maximum absolute atomic E-state index is 14.4. The molecule has 3 aromatic carbocycles. The van der Waals surface area contributed by atoms with Gasteiger partial charge in [-0.1, -0.05) is 42.5 Å². The van der Waals surface area contributed by atoms with Crippen LogP contribution in [0.1, 0.15) is 12.0 Å². The molecule has 0 bridgehead atoms. The molecule has 3 aromatic rings. The molecule has 0 heterocycles. The van der Waals surface area contributed by atoms with Gasteiger partial charge in [-0.15, -0.1) is 0 Å². The van der Waals surface area contributed by atoms with E-state index in [4.69, 9.17) is 4.74 Å². The van der Waals surface area contributed by atoms with Crippen LogP contribution in [0.25, 0.3) is 0 Å². The largest absolute Gasteiger partial charge is 0.497 e. The Kier molecular flexibility index (Phi) is 7.83. The third-order valence-electron chi connectivity index (χ3n) is 4.86. The van der Waals surface area contributed by atoms with Crippen LogP contribution in [0.15, 0.2) is 83.8 Å². The van der Waals surface area contributed by atoms with E-state index < -0.39 is 28.3 Å². The zero-order chi connectivity index (χ0) is 23.0. The summed E-state index contributed by atoms with van der Waals surface area (Å²) in [5, 5.41) is 2.73. The highest BCUT2D eigenvalue weighted by atomic mass is 32.2. The van der Waals surface area contributed by atoms with E-state index >= 15 is 0 Å². The van der Waals surface area contributed by atoms with Gasteiger partial charge in [-0.25, -0.2) is 12.8 Å². The van der Waals surface area contributed by atoms with E-state index in [9.17, 15) is 17.6 Å². The van der Waals surface area contributed by atoms with Crippen molar-refractivity contribution in [3.05, 3.63) is 90.2 Å². The summed E-state index contributed by atoms with van der Waals surface area (Å²) in [5.74, 6) is -0.461. The summed E-state index contributed by atoms with van der Waals surface area (Å²) in [7, 11) is -2.53. The summed E-state index contributed by atoms with van der Waals surface area (Å²) in [4.78, 5) is 12.5. The quantitative estimate of drug-likeness (QED) is 0.471. The SMILES string of the molecule is COc1ccc(CCCNC(=O)CN(c2ccccc2F)S(=O)(=O)c2ccccc2)cc1. The molecule has 0 aliphatic rings. The first kappa shape index (κ1) is 23.3. The number of methoxy groups -OCH3 is 1. The topological polar surface area (TPSA) is 75.7 Å². The van der Waals surface area contributed by atoms with Gasteiger partial charge in [0.1, 0.15) is 18.1 Å². The first-order valence-electron chi connectivity index (χ1n) is 10.1. The van der Waals surface area contributed by atoms with Crippen molar-refractivity contribution in [2.24, 2.45) is 0 Å². The van der Waals surface area contributed by atoms with E-state index in [1.54, 1.807) is 25.3 Å². The summed E-state index contributed by atoms with van der Waals surface area (Å²) >= 11 is 0. The molecule has 8 heteroatoms. The lowest BCUT2D eigenvalue weighted by Crippen LogP contribution is -2.41. The van der Waals surface area contributed by atoms with Gasteiger partial charge in [-0.3, -0.25) is 9.10 Å². The van der Waals surface area contributed by atoms with Crippen LogP contribution in [-0.4, -0.2) is 34.5 Å². The highest BCUT2D eigenvalue weighted by Crippen LogP contribution is 2.25. The zero-order valence-electron chi connectivity index (χ0n) is 17.7. The van der Waals surface area contributed by atoms with Gasteiger partial charge < -0.3 is 10.1 Å². The van der Waals surface area contributed by atoms with Crippen molar-refractivity contribution < 1.29 is 22.3 Å². The number of halogens is 1. The Bertz CT molecular complexity index is 1140. The van der Waals surface area contributed by atoms with Crippen LogP contribution in [0, 0.1) is 5.82 Å². The Labute approximate surface area is 187 Å². The monoisotopic (exact) mass is 456 g/mol. The van der Waals surface area contributed by atoms with Crippen LogP contribution >= 0.6 is 0 Å². The minimum absolute atomic E-state index is 0.0180. The molecule has 0 radical (unpaired) electrons. The molecule has 1 amide bonds. The fraction of sp³-hybridized carbons (Fsp3) is 0.208. The number of sulfonamides is 1. The second-order valence-electron chi connectivity index (χ2n) is 7.08. The van der Waals surface area contributed by atoms with Crippen molar-refractivity contribution in [2.75, 3.05) is 24.5 Å². The number of nitrogens with zero attached hydrogens (tertiary/aromatic N) is 1. The molecule has 0 fully saturated rings. The minimum atomic E-state index is -4.13. The fourth-order valence-corrected chi connectivity index (χ4v) is 4.62. The van der Waals surface area contributed by atoms with Crippen LogP contribution in [0.2, 0.25) is 0 Å². The standard InChI is InChI=1S/C24H25FN2O4S/c1-31-20-15-13-19(14-16-20)8-7-17-26-24(28)18-27(23-12-6-5-11-22(23)25)32(29,30)21-9-3-2-4-10-21/h2-6,9-16H,7-8,17-18H2,1H3,(H,26,28). The van der Waals surface area contributed by atoms with Gasteiger partial charge in [-0.2, -0.15) is 0 Å². The highest BCUT2D eigenvalue weighted by molar-refractivity contribution is 7.92. The van der Waals surface area contributed by atoms with Crippen LogP contribution < -0.4 is 14.4 Å². The van der Waals surface area contributed by atoms with Crippen LogP contribution in [0.4, 0.5) is 10.1 Å². The van der Waals surface area contributed by atoms with Crippen molar-refractivity contribution in [2.45, 2.75) is 17.7 Å². The van der Waals surface area contributed by atoms with Gasteiger partial charge >= 0.3 is 0 Å². The van der Waals surface area contributed by atoms with E-state index in [0.29, 0.717) is 13.0 Å². The Balaban J connectivity index is 1.67. The third-order valence-corrected chi connectivity index (χ3v) is 6.64. The van der Waals surface area contributed by atoms with Crippen molar-refractivity contribution >= 4 is 21.6 Å². The summed E-state index contributed by atoms with van der Waals surface area (Å²) in [5.41, 5.74) is 0.921. The summed E-state index contributed by atoms with van der Waals surface area (Å²) in [6, 6.07) is 20.8. The average Bonchev–Trinajstić information content (AvgIpc) is 2.82. The molecule has 3 rings (SSSR count). The number of rotatable bonds is 10. The number of para-hydroxylation sites is 1. The maximum atomic E-state index is 14.4. The maximum Gasteiger partial charge on any atom is 0.264 e. The van der Waals surface area contributed by atoms with Gasteiger partial charge in [0.2, 0.25) is 5.91 Å². The first-order valence-corrected chi connectivity index (χ1v) is 11.6. The Morgan fingerprint density at radius 2 is 1.62 bits per heavy atom. The third kappa shape index (κ3) is 5.85. The lowest BCUT2D eigenvalue weighted by Gasteiger charge is -2.24. The lowest BCUT2D eigenvalue weighted by atomic mass is 10.1. The average molecular weight is 457 g/mol. The van der Waals surface area contributed by atoms with Crippen LogP contribution in [0.5, 0.6) is 5.75 Å². The predicted octanol–water partition coefficient (Wildman–Crippen LogP) is 3.78. The number of ether oxygens (including phenoxy) is 1. The van der Waals surface area contributed by atoms with E-state index in [1.807, 2.05) is 24.3 Å². The number of amides is 1. The van der Waals surface area contributed by atoms with Crippen molar-refractivity contribution in [1.29, 1.82) is 0 Å². The number of benzene rings is 3. The van der Waals surface area contributed by atoms with E-state index in [1.165, 1.54) is 30.3 Å². The normalized spacial score (nSPS) is 11.1. The fourth-order valence-electron chi connectivity index (χ4n) is 3.17. The summed E-state index contributed by atoms with van der Waals surface area (Å²) < 4.78 is 46.7. The lowest BCUT2D eigenvalue weighted by molar-refractivity contribution is -0.119. The van der Waals surface area contributed by atoms with Gasteiger partial charge in [0.25, 0.3) is 10.0 Å². The van der Waals surface area contributed by atoms with Crippen LogP contribution in [-0.2, 0) is 21.2 Å². The predicted molar refractivity (Wildman–Crippen MR) is 122 cm³/mol. The summed E-state index contributed by atoms with van der Waals surface area (Å²) in [6.45, 7) is -0.165. The molecule has 0 aliphatic carbocycles. The number of carbonyl (C=O) groups excluding carboxylic acids is 1. The molecular formula is C24H25FN2O4S. The van der Waals surface area contributed by atoms with E-state index in [-0.39, 0.29) is 10.6 Å². The van der Waals surface area contributed by atoms with Crippen molar-refractivity contribution in [1.82, 2.24) is 5.32 Å². The Morgan fingerprint density at radius 1 is 0.969 bits per heavy atom. The van der Waals surface area contributed by atoms with Gasteiger partial charge in [0, 0.05) is 6.54 Å². The molecule has 0 saturated heterocycles. The molecule has 0 aromatic heterocycles. The molecule has 0 unspecified atom stereocenters. The number of carbonyl (C=O) groups is 1. The smallest absolute Gasteiger partial charge is 0.264 e. The Morgan fingerprint density at radius 3 is 2.28 bits per heavy atom. The minimum Gasteiger partial charge on any atom is -0.497 e. The van der Waals surface area contributed by atoms with Gasteiger partial charge in [-0.05, 0) is 54.8 Å². The van der Waals surface area contributed by atoms with Gasteiger partial charge in [0.15, 0.2) is 0 Å². The van der Waals surface area contributed by atoms with Crippen molar-refractivity contribution in [3.63, 3.8) is 0 Å². The molecule has 1 N–H and O–H groups in total. The molecule has 168 valence electrons. The number of aryl methyl sites for hydroxylation is 1. The molecule has 6 nitrogen and oxygen atoms in total. The van der Waals surface area contributed by atoms with Crippen LogP contribution in [0.3, 0.4) is 0 Å². The second kappa shape index (κ2) is 10.8. The highest BCUT2D eigenvalue weighted by Gasteiger charge is 2.28. The molecule has 0 atom stereocenters. The number of hydrogen-bond acceptors (Lipinski definition) is 4. The number of anilines is 1. The van der Waals surface area contributed by atoms with E-state index in [2.05, 4.69) is 5.32 Å². The second-order valence-corrected chi connectivity index (χ2v) is 8.94. The Hall–Kier alpha value is -3.39. The molecule has 0 aliphatic heterocycles. The number of nitrogens with one attached hydrogen (secondary N) is 1. The summed E-state index contributed by atoms with van der Waals surface area (Å²) in [6.07, 6.45) is 1.41. The van der Waals surface area contributed by atoms with E-state index in [0.717, 1.165) is 28.1 Å². The molecule has 0 saturated carbocycles. The molecular weight excluding hydrogens is 431 g/mol. The molecule has 32 heavy (non-hydrogen) atoms.